The van der Waals surface area contributed by atoms with Gasteiger partial charge in [-0.2, -0.15) is 0 Å². The number of rotatable bonds is 7. The monoisotopic (exact) mass is 465 g/mol. The summed E-state index contributed by atoms with van der Waals surface area (Å²) in [6, 6.07) is 20.2. The van der Waals surface area contributed by atoms with E-state index in [4.69, 9.17) is 21.7 Å². The Hall–Kier alpha value is -3.65. The Balaban J connectivity index is 1.45. The van der Waals surface area contributed by atoms with Gasteiger partial charge in [0, 0.05) is 5.56 Å². The molecule has 0 aliphatic rings. The fourth-order valence-corrected chi connectivity index (χ4v) is 3.03. The standard InChI is InChI=1S/C25H27N3O4S/c1-16(2)15-31-21-11-9-19(10-12-21)24(30)26-25(33)28-27-23(29)17(3)32-22-13-8-18-6-4-5-7-20(18)14-22/h4-14,16-17H,15H2,1-3H3,(H,27,29)(H2,26,28,30,33). The number of benzene rings is 3. The zero-order valence-corrected chi connectivity index (χ0v) is 19.6. The van der Waals surface area contributed by atoms with Gasteiger partial charge < -0.3 is 9.47 Å². The molecule has 2 amide bonds. The van der Waals surface area contributed by atoms with Crippen LogP contribution in [0, 0.1) is 5.92 Å². The molecule has 7 nitrogen and oxygen atoms in total. The Bertz CT molecular complexity index is 1130. The molecule has 1 unspecified atom stereocenters. The largest absolute Gasteiger partial charge is 0.493 e. The van der Waals surface area contributed by atoms with Crippen molar-refractivity contribution in [1.82, 2.24) is 16.2 Å². The van der Waals surface area contributed by atoms with Gasteiger partial charge in [-0.3, -0.25) is 25.8 Å². The summed E-state index contributed by atoms with van der Waals surface area (Å²) >= 11 is 5.09. The fourth-order valence-electron chi connectivity index (χ4n) is 2.89. The Kier molecular flexibility index (Phi) is 8.21. The third-order valence-electron chi connectivity index (χ3n) is 4.63. The minimum Gasteiger partial charge on any atom is -0.493 e. The van der Waals surface area contributed by atoms with E-state index in [1.807, 2.05) is 42.5 Å². The number of carbonyl (C=O) groups is 2. The maximum absolute atomic E-state index is 12.3. The number of thiocarbonyl (C=S) groups is 1. The summed E-state index contributed by atoms with van der Waals surface area (Å²) in [5.41, 5.74) is 5.37. The van der Waals surface area contributed by atoms with E-state index in [1.54, 1.807) is 31.2 Å². The average Bonchev–Trinajstić information content (AvgIpc) is 2.81. The summed E-state index contributed by atoms with van der Waals surface area (Å²) < 4.78 is 11.3. The second-order valence-electron chi connectivity index (χ2n) is 7.90. The van der Waals surface area contributed by atoms with Crippen LogP contribution in [0.2, 0.25) is 0 Å². The van der Waals surface area contributed by atoms with E-state index in [0.29, 0.717) is 29.6 Å². The number of hydrogen-bond acceptors (Lipinski definition) is 5. The van der Waals surface area contributed by atoms with Gasteiger partial charge in [-0.1, -0.05) is 44.2 Å². The summed E-state index contributed by atoms with van der Waals surface area (Å²) in [7, 11) is 0. The van der Waals surface area contributed by atoms with Crippen molar-refractivity contribution in [3.63, 3.8) is 0 Å². The van der Waals surface area contributed by atoms with Crippen molar-refractivity contribution in [2.45, 2.75) is 26.9 Å². The molecular weight excluding hydrogens is 438 g/mol. The van der Waals surface area contributed by atoms with Gasteiger partial charge in [-0.25, -0.2) is 0 Å². The lowest BCUT2D eigenvalue weighted by atomic mass is 10.1. The van der Waals surface area contributed by atoms with Gasteiger partial charge in [-0.15, -0.1) is 0 Å². The molecule has 0 aliphatic carbocycles. The number of carbonyl (C=O) groups excluding carboxylic acids is 2. The second kappa shape index (κ2) is 11.3. The second-order valence-corrected chi connectivity index (χ2v) is 8.30. The first-order chi connectivity index (χ1) is 15.8. The molecule has 0 heterocycles. The Morgan fingerprint density at radius 3 is 2.24 bits per heavy atom. The molecule has 0 saturated heterocycles. The van der Waals surface area contributed by atoms with Crippen LogP contribution in [0.15, 0.2) is 66.7 Å². The average molecular weight is 466 g/mol. The van der Waals surface area contributed by atoms with Crippen molar-refractivity contribution < 1.29 is 19.1 Å². The molecule has 3 N–H and O–H groups in total. The van der Waals surface area contributed by atoms with Crippen LogP contribution in [0.1, 0.15) is 31.1 Å². The van der Waals surface area contributed by atoms with Crippen LogP contribution < -0.4 is 25.6 Å². The molecule has 0 spiro atoms. The Labute approximate surface area is 198 Å². The van der Waals surface area contributed by atoms with Gasteiger partial charge in [-0.05, 0) is 72.2 Å². The fraction of sp³-hybridized carbons (Fsp3) is 0.240. The topological polar surface area (TPSA) is 88.7 Å². The number of hydrogen-bond donors (Lipinski definition) is 3. The molecule has 0 fully saturated rings. The predicted octanol–water partition coefficient (Wildman–Crippen LogP) is 3.98. The molecule has 3 aromatic carbocycles. The Morgan fingerprint density at radius 2 is 1.55 bits per heavy atom. The molecule has 8 heteroatoms. The third-order valence-corrected chi connectivity index (χ3v) is 4.83. The zero-order valence-electron chi connectivity index (χ0n) is 18.8. The highest BCUT2D eigenvalue weighted by Gasteiger charge is 2.16. The lowest BCUT2D eigenvalue weighted by molar-refractivity contribution is -0.127. The van der Waals surface area contributed by atoms with Crippen molar-refractivity contribution >= 4 is 39.9 Å². The van der Waals surface area contributed by atoms with Crippen LogP contribution in [-0.2, 0) is 4.79 Å². The number of amides is 2. The lowest BCUT2D eigenvalue weighted by Crippen LogP contribution is -2.51. The van der Waals surface area contributed by atoms with Crippen molar-refractivity contribution in [2.24, 2.45) is 5.92 Å². The quantitative estimate of drug-likeness (QED) is 0.361. The molecule has 0 bridgehead atoms. The smallest absolute Gasteiger partial charge is 0.279 e. The molecule has 172 valence electrons. The lowest BCUT2D eigenvalue weighted by Gasteiger charge is -2.16. The van der Waals surface area contributed by atoms with Crippen LogP contribution in [0.4, 0.5) is 0 Å². The van der Waals surface area contributed by atoms with Crippen LogP contribution >= 0.6 is 12.2 Å². The van der Waals surface area contributed by atoms with Gasteiger partial charge in [0.25, 0.3) is 11.8 Å². The van der Waals surface area contributed by atoms with Crippen LogP contribution in [0.25, 0.3) is 10.8 Å². The third kappa shape index (κ3) is 7.18. The zero-order chi connectivity index (χ0) is 23.8. The molecule has 0 saturated carbocycles. The molecule has 33 heavy (non-hydrogen) atoms. The number of fused-ring (bicyclic) bond motifs is 1. The van der Waals surface area contributed by atoms with Crippen molar-refractivity contribution in [2.75, 3.05) is 6.61 Å². The predicted molar refractivity (Wildman–Crippen MR) is 132 cm³/mol. The van der Waals surface area contributed by atoms with E-state index in [2.05, 4.69) is 30.0 Å². The first-order valence-electron chi connectivity index (χ1n) is 10.6. The highest BCUT2D eigenvalue weighted by Crippen LogP contribution is 2.21. The van der Waals surface area contributed by atoms with Gasteiger partial charge in [0.05, 0.1) is 6.61 Å². The maximum Gasteiger partial charge on any atom is 0.279 e. The summed E-state index contributed by atoms with van der Waals surface area (Å²) in [4.78, 5) is 24.7. The molecule has 3 rings (SSSR count). The molecule has 0 radical (unpaired) electrons. The molecule has 0 aromatic heterocycles. The van der Waals surface area contributed by atoms with E-state index >= 15 is 0 Å². The first kappa shape index (κ1) is 24.0. The number of ether oxygens (including phenoxy) is 2. The van der Waals surface area contributed by atoms with Crippen LogP contribution in [0.3, 0.4) is 0 Å². The molecule has 3 aromatic rings. The first-order valence-corrected chi connectivity index (χ1v) is 11.0. The summed E-state index contributed by atoms with van der Waals surface area (Å²) in [6.07, 6.45) is -0.782. The maximum atomic E-state index is 12.3. The molecule has 0 aliphatic heterocycles. The van der Waals surface area contributed by atoms with Crippen molar-refractivity contribution in [3.8, 4) is 11.5 Å². The van der Waals surface area contributed by atoms with Crippen molar-refractivity contribution in [1.29, 1.82) is 0 Å². The summed E-state index contributed by atoms with van der Waals surface area (Å²) in [5.74, 6) is 0.832. The van der Waals surface area contributed by atoms with Gasteiger partial charge in [0.2, 0.25) is 0 Å². The van der Waals surface area contributed by atoms with E-state index in [0.717, 1.165) is 10.8 Å². The van der Waals surface area contributed by atoms with Gasteiger partial charge >= 0.3 is 0 Å². The molecular formula is C25H27N3O4S. The SMILES string of the molecule is CC(C)COc1ccc(C(=O)NC(=S)NNC(=O)C(C)Oc2ccc3ccccc3c2)cc1. The number of nitrogens with one attached hydrogen (secondary N) is 3. The molecule has 1 atom stereocenters. The van der Waals surface area contributed by atoms with Crippen molar-refractivity contribution in [3.05, 3.63) is 72.3 Å². The van der Waals surface area contributed by atoms with Gasteiger partial charge in [0.1, 0.15) is 11.5 Å². The normalized spacial score (nSPS) is 11.5. The Morgan fingerprint density at radius 1 is 0.879 bits per heavy atom. The van der Waals surface area contributed by atoms with E-state index in [9.17, 15) is 9.59 Å². The minimum atomic E-state index is -0.782. The van der Waals surface area contributed by atoms with Crippen LogP contribution in [-0.4, -0.2) is 29.6 Å². The summed E-state index contributed by atoms with van der Waals surface area (Å²) in [6.45, 7) is 6.34. The van der Waals surface area contributed by atoms with Crippen LogP contribution in [0.5, 0.6) is 11.5 Å². The number of hydrazine groups is 1. The van der Waals surface area contributed by atoms with E-state index in [1.165, 1.54) is 0 Å². The highest BCUT2D eigenvalue weighted by molar-refractivity contribution is 7.80. The highest BCUT2D eigenvalue weighted by atomic mass is 32.1. The van der Waals surface area contributed by atoms with Gasteiger partial charge in [0.15, 0.2) is 11.2 Å². The van der Waals surface area contributed by atoms with E-state index in [-0.39, 0.29) is 5.11 Å². The van der Waals surface area contributed by atoms with E-state index < -0.39 is 17.9 Å². The minimum absolute atomic E-state index is 0.0358. The summed E-state index contributed by atoms with van der Waals surface area (Å²) in [5, 5.41) is 4.58.